The van der Waals surface area contributed by atoms with Crippen LogP contribution < -0.4 is 21.3 Å². The van der Waals surface area contributed by atoms with Gasteiger partial charge in [-0.3, -0.25) is 9.36 Å². The lowest BCUT2D eigenvalue weighted by molar-refractivity contribution is 0.110. The first-order valence-corrected chi connectivity index (χ1v) is 17.4. The standard InChI is InChI=1S/C32H47N3O3Si/c1-32(2,3)39(4,5)38-30(22-34-21-26-14-9-13-25(19-26)20-33)35-29(36)18-17-27-15-10-16-28(31(27)35)37-23-24-11-7-6-8-12-24/h6-8,10-12,15-18,25-26,30,34H,9,13-14,19-23,33H2,1-5H3/t25?,26-,30?/m1/s1. The highest BCUT2D eigenvalue weighted by molar-refractivity contribution is 6.74. The number of hydrogen-bond donors (Lipinski definition) is 2. The second kappa shape index (κ2) is 12.8. The van der Waals surface area contributed by atoms with Gasteiger partial charge in [0.15, 0.2) is 8.32 Å². The maximum atomic E-state index is 13.6. The van der Waals surface area contributed by atoms with Crippen LogP contribution in [-0.2, 0) is 11.0 Å². The monoisotopic (exact) mass is 549 g/mol. The maximum Gasteiger partial charge on any atom is 0.253 e. The van der Waals surface area contributed by atoms with Crippen LogP contribution in [0.2, 0.25) is 18.1 Å². The molecule has 1 aromatic heterocycles. The van der Waals surface area contributed by atoms with Gasteiger partial charge in [-0.25, -0.2) is 0 Å². The molecule has 0 radical (unpaired) electrons. The van der Waals surface area contributed by atoms with Gasteiger partial charge in [-0.1, -0.05) is 69.7 Å². The lowest BCUT2D eigenvalue weighted by Gasteiger charge is -2.40. The van der Waals surface area contributed by atoms with E-state index >= 15 is 0 Å². The normalized spacial score (nSPS) is 19.2. The van der Waals surface area contributed by atoms with E-state index in [1.165, 1.54) is 25.7 Å². The Morgan fingerprint density at radius 2 is 1.77 bits per heavy atom. The summed E-state index contributed by atoms with van der Waals surface area (Å²) < 4.78 is 15.2. The minimum absolute atomic E-state index is 0.00377. The Bertz CT molecular complexity index is 1270. The minimum Gasteiger partial charge on any atom is -0.487 e. The fourth-order valence-corrected chi connectivity index (χ4v) is 6.56. The number of hydrogen-bond acceptors (Lipinski definition) is 5. The van der Waals surface area contributed by atoms with E-state index < -0.39 is 14.5 Å². The summed E-state index contributed by atoms with van der Waals surface area (Å²) >= 11 is 0. The van der Waals surface area contributed by atoms with Crippen LogP contribution in [0.5, 0.6) is 5.75 Å². The third kappa shape index (κ3) is 7.40. The quantitative estimate of drug-likeness (QED) is 0.269. The van der Waals surface area contributed by atoms with E-state index in [4.69, 9.17) is 14.9 Å². The Balaban J connectivity index is 1.67. The third-order valence-corrected chi connectivity index (χ3v) is 13.1. The van der Waals surface area contributed by atoms with E-state index in [1.54, 1.807) is 6.07 Å². The zero-order valence-electron chi connectivity index (χ0n) is 24.4. The number of fused-ring (bicyclic) bond motifs is 1. The van der Waals surface area contributed by atoms with Crippen molar-refractivity contribution in [2.45, 2.75) is 77.4 Å². The molecule has 1 saturated carbocycles. The van der Waals surface area contributed by atoms with Crippen LogP contribution in [-0.4, -0.2) is 32.5 Å². The van der Waals surface area contributed by atoms with Gasteiger partial charge in [-0.15, -0.1) is 0 Å². The van der Waals surface area contributed by atoms with Crippen molar-refractivity contribution >= 4 is 19.2 Å². The first kappa shape index (κ1) is 29.5. The molecular formula is C32H47N3O3Si. The van der Waals surface area contributed by atoms with Crippen molar-refractivity contribution in [3.05, 3.63) is 76.6 Å². The minimum atomic E-state index is -2.21. The summed E-state index contributed by atoms with van der Waals surface area (Å²) in [6, 6.07) is 19.6. The first-order valence-electron chi connectivity index (χ1n) is 14.5. The largest absolute Gasteiger partial charge is 0.487 e. The van der Waals surface area contributed by atoms with Crippen LogP contribution in [0.3, 0.4) is 0 Å². The van der Waals surface area contributed by atoms with Crippen LogP contribution >= 0.6 is 0 Å². The lowest BCUT2D eigenvalue weighted by Crippen LogP contribution is -2.47. The number of nitrogens with one attached hydrogen (secondary N) is 1. The number of pyridine rings is 1. The number of benzene rings is 2. The Morgan fingerprint density at radius 3 is 2.49 bits per heavy atom. The predicted molar refractivity (Wildman–Crippen MR) is 164 cm³/mol. The fourth-order valence-electron chi connectivity index (χ4n) is 5.34. The summed E-state index contributed by atoms with van der Waals surface area (Å²) in [6.07, 6.45) is 4.42. The van der Waals surface area contributed by atoms with Crippen molar-refractivity contribution in [3.8, 4) is 5.75 Å². The highest BCUT2D eigenvalue weighted by Crippen LogP contribution is 2.39. The maximum absolute atomic E-state index is 13.6. The molecule has 212 valence electrons. The molecule has 2 unspecified atom stereocenters. The van der Waals surface area contributed by atoms with Gasteiger partial charge < -0.3 is 20.2 Å². The number of nitrogens with two attached hydrogens (primary N) is 1. The van der Waals surface area contributed by atoms with Gasteiger partial charge in [-0.05, 0) is 80.0 Å². The molecule has 4 rings (SSSR count). The van der Waals surface area contributed by atoms with Crippen LogP contribution in [0, 0.1) is 11.8 Å². The highest BCUT2D eigenvalue weighted by Gasteiger charge is 2.40. The zero-order valence-corrected chi connectivity index (χ0v) is 25.4. The average molecular weight is 550 g/mol. The SMILES string of the molecule is CC(C)(C)[Si](C)(C)OC(CNC[C@@H]1CCCC(CN)C1)n1c(=O)ccc2cccc(OCc3ccccc3)c21. The molecule has 2 aromatic carbocycles. The molecule has 1 aliphatic rings. The Labute approximate surface area is 235 Å². The van der Waals surface area contributed by atoms with Gasteiger partial charge >= 0.3 is 0 Å². The first-order chi connectivity index (χ1) is 18.6. The summed E-state index contributed by atoms with van der Waals surface area (Å²) in [5.74, 6) is 1.92. The van der Waals surface area contributed by atoms with Crippen molar-refractivity contribution in [1.29, 1.82) is 0 Å². The molecule has 6 nitrogen and oxygen atoms in total. The Morgan fingerprint density at radius 1 is 1.03 bits per heavy atom. The molecule has 0 spiro atoms. The molecular weight excluding hydrogens is 502 g/mol. The highest BCUT2D eigenvalue weighted by atomic mass is 28.4. The molecule has 1 heterocycles. The number of aromatic nitrogens is 1. The van der Waals surface area contributed by atoms with Crippen molar-refractivity contribution in [2.75, 3.05) is 19.6 Å². The Kier molecular flexibility index (Phi) is 9.70. The number of nitrogens with zero attached hydrogens (tertiary/aromatic N) is 1. The van der Waals surface area contributed by atoms with Gasteiger partial charge in [0, 0.05) is 18.0 Å². The van der Waals surface area contributed by atoms with Crippen LogP contribution in [0.1, 0.15) is 58.2 Å². The van der Waals surface area contributed by atoms with E-state index in [9.17, 15) is 4.79 Å². The van der Waals surface area contributed by atoms with Crippen LogP contribution in [0.4, 0.5) is 0 Å². The summed E-state index contributed by atoms with van der Waals surface area (Å²) in [7, 11) is -2.21. The summed E-state index contributed by atoms with van der Waals surface area (Å²) in [5, 5.41) is 4.66. The third-order valence-electron chi connectivity index (χ3n) is 8.65. The number of rotatable bonds is 11. The second-order valence-corrected chi connectivity index (χ2v) is 17.4. The predicted octanol–water partition coefficient (Wildman–Crippen LogP) is 6.46. The van der Waals surface area contributed by atoms with Gasteiger partial charge in [0.2, 0.25) is 0 Å². The van der Waals surface area contributed by atoms with E-state index in [1.807, 2.05) is 59.2 Å². The smallest absolute Gasteiger partial charge is 0.253 e. The van der Waals surface area contributed by atoms with Crippen molar-refractivity contribution in [2.24, 2.45) is 17.6 Å². The molecule has 1 aliphatic carbocycles. The molecule has 1 fully saturated rings. The van der Waals surface area contributed by atoms with Crippen molar-refractivity contribution in [3.63, 3.8) is 0 Å². The van der Waals surface area contributed by atoms with Gasteiger partial charge in [0.1, 0.15) is 18.6 Å². The lowest BCUT2D eigenvalue weighted by atomic mass is 9.81. The molecule has 0 amide bonds. The van der Waals surface area contributed by atoms with E-state index in [2.05, 4.69) is 39.2 Å². The van der Waals surface area contributed by atoms with Crippen LogP contribution in [0.15, 0.2) is 65.5 Å². The second-order valence-electron chi connectivity index (χ2n) is 12.6. The molecule has 3 atom stereocenters. The summed E-state index contributed by atoms with van der Waals surface area (Å²) in [4.78, 5) is 13.6. The van der Waals surface area contributed by atoms with Crippen LogP contribution in [0.25, 0.3) is 10.9 Å². The fraction of sp³-hybridized carbons (Fsp3) is 0.531. The van der Waals surface area contributed by atoms with E-state index in [0.717, 1.165) is 29.6 Å². The Hall–Kier alpha value is -2.45. The van der Waals surface area contributed by atoms with Gasteiger partial charge in [0.25, 0.3) is 5.56 Å². The number of para-hydroxylation sites is 1. The topological polar surface area (TPSA) is 78.5 Å². The average Bonchev–Trinajstić information content (AvgIpc) is 2.91. The molecule has 0 saturated heterocycles. The molecule has 0 aliphatic heterocycles. The molecule has 7 heteroatoms. The number of ether oxygens (including phenoxy) is 1. The molecule has 0 bridgehead atoms. The molecule has 3 N–H and O–H groups in total. The molecule has 3 aromatic rings. The zero-order chi connectivity index (χ0) is 28.0. The summed E-state index contributed by atoms with van der Waals surface area (Å²) in [5.41, 5.74) is 7.78. The summed E-state index contributed by atoms with van der Waals surface area (Å²) in [6.45, 7) is 13.9. The van der Waals surface area contributed by atoms with E-state index in [-0.39, 0.29) is 10.6 Å². The van der Waals surface area contributed by atoms with E-state index in [0.29, 0.717) is 30.7 Å². The van der Waals surface area contributed by atoms with Gasteiger partial charge in [-0.2, -0.15) is 0 Å². The van der Waals surface area contributed by atoms with Crippen molar-refractivity contribution in [1.82, 2.24) is 9.88 Å². The van der Waals surface area contributed by atoms with Gasteiger partial charge in [0.05, 0.1) is 5.52 Å². The van der Waals surface area contributed by atoms with Crippen molar-refractivity contribution < 1.29 is 9.16 Å². The molecule has 39 heavy (non-hydrogen) atoms.